The largest absolute Gasteiger partial charge is 0.488 e. The van der Waals surface area contributed by atoms with Crippen LogP contribution in [0.1, 0.15) is 99.8 Å². The van der Waals surface area contributed by atoms with Crippen molar-refractivity contribution in [1.29, 1.82) is 5.26 Å². The van der Waals surface area contributed by atoms with E-state index in [0.29, 0.717) is 33.6 Å². The number of benzene rings is 4. The Morgan fingerprint density at radius 2 is 1.04 bits per heavy atom. The lowest BCUT2D eigenvalue weighted by molar-refractivity contribution is 0.130. The summed E-state index contributed by atoms with van der Waals surface area (Å²) in [6, 6.07) is 25.7. The van der Waals surface area contributed by atoms with Crippen LogP contribution in [-0.2, 0) is 10.8 Å². The highest BCUT2D eigenvalue weighted by molar-refractivity contribution is 5.72. The van der Waals surface area contributed by atoms with E-state index >= 15 is 0 Å². The van der Waals surface area contributed by atoms with Gasteiger partial charge in [-0.15, -0.1) is 0 Å². The molecule has 0 saturated heterocycles. The van der Waals surface area contributed by atoms with Crippen LogP contribution in [0.15, 0.2) is 78.9 Å². The van der Waals surface area contributed by atoms with E-state index in [4.69, 9.17) is 9.47 Å². The molecular formula is C41H49F2NO2. The Morgan fingerprint density at radius 1 is 0.522 bits per heavy atom. The number of hydrogen-bond acceptors (Lipinski definition) is 3. The van der Waals surface area contributed by atoms with Gasteiger partial charge in [-0.2, -0.15) is 5.26 Å². The first-order valence-corrected chi connectivity index (χ1v) is 15.7. The van der Waals surface area contributed by atoms with Crippen LogP contribution >= 0.6 is 0 Å². The van der Waals surface area contributed by atoms with Gasteiger partial charge >= 0.3 is 0 Å². The minimum absolute atomic E-state index is 0.0518. The summed E-state index contributed by atoms with van der Waals surface area (Å²) >= 11 is 0. The normalized spacial score (nSPS) is 12.1. The van der Waals surface area contributed by atoms with Crippen LogP contribution in [0.5, 0.6) is 11.5 Å². The Labute approximate surface area is 275 Å². The molecule has 46 heavy (non-hydrogen) atoms. The number of nitrogens with zero attached hydrogens (tertiary/aromatic N) is 1. The first-order chi connectivity index (χ1) is 21.1. The molecule has 0 aromatic heterocycles. The zero-order chi connectivity index (χ0) is 34.7. The first kappa shape index (κ1) is 36.3. The number of halogens is 2. The third-order valence-electron chi connectivity index (χ3n) is 7.05. The smallest absolute Gasteiger partial charge is 0.131 e. The van der Waals surface area contributed by atoms with Gasteiger partial charge in [-0.05, 0) is 123 Å². The molecule has 4 aromatic rings. The predicted octanol–water partition coefficient (Wildman–Crippen LogP) is 11.8. The molecule has 0 N–H and O–H groups in total. The number of ether oxygens (including phenoxy) is 2. The van der Waals surface area contributed by atoms with Gasteiger partial charge in [0.25, 0.3) is 0 Å². The molecule has 244 valence electrons. The molecule has 0 aliphatic carbocycles. The summed E-state index contributed by atoms with van der Waals surface area (Å²) in [6.07, 6.45) is 0. The average Bonchev–Trinajstić information content (AvgIpc) is 2.91. The van der Waals surface area contributed by atoms with Crippen LogP contribution in [0.25, 0.3) is 22.3 Å². The molecule has 0 saturated carbocycles. The summed E-state index contributed by atoms with van der Waals surface area (Å²) in [7, 11) is 0. The SMILES string of the molecule is CC(C)(C)Oc1ccc(-c2ccc(C(C)(C)C)c(F)c2)c(C#N)c1.CC(C)(C)Oc1ccc(-c2ccc(C(C)(C)C)cc2F)cc1. The van der Waals surface area contributed by atoms with Crippen LogP contribution in [0.3, 0.4) is 0 Å². The summed E-state index contributed by atoms with van der Waals surface area (Å²) in [5, 5.41) is 9.46. The Kier molecular flexibility index (Phi) is 10.8. The second-order valence-electron chi connectivity index (χ2n) is 15.7. The molecule has 0 atom stereocenters. The van der Waals surface area contributed by atoms with E-state index in [1.165, 1.54) is 6.07 Å². The minimum atomic E-state index is -0.339. The molecule has 0 radical (unpaired) electrons. The minimum Gasteiger partial charge on any atom is -0.488 e. The van der Waals surface area contributed by atoms with E-state index < -0.39 is 0 Å². The van der Waals surface area contributed by atoms with Crippen molar-refractivity contribution >= 4 is 0 Å². The van der Waals surface area contributed by atoms with Crippen molar-refractivity contribution in [2.75, 3.05) is 0 Å². The summed E-state index contributed by atoms with van der Waals surface area (Å²) in [4.78, 5) is 0. The van der Waals surface area contributed by atoms with Crippen molar-refractivity contribution in [3.63, 3.8) is 0 Å². The Balaban J connectivity index is 0.000000251. The molecule has 0 bridgehead atoms. The van der Waals surface area contributed by atoms with E-state index in [0.717, 1.165) is 16.9 Å². The maximum absolute atomic E-state index is 14.5. The molecule has 0 aliphatic heterocycles. The number of rotatable bonds is 4. The summed E-state index contributed by atoms with van der Waals surface area (Å²) in [5.41, 5.74) is 4.13. The molecule has 0 aliphatic rings. The fourth-order valence-electron chi connectivity index (χ4n) is 4.85. The standard InChI is InChI=1S/C21H24FNO.C20H25FO/c1-20(2,3)18-10-7-14(12-19(18)22)17-9-8-16(11-15(17)13-23)24-21(4,5)6;1-19(2,3)15-9-12-17(18(21)13-15)14-7-10-16(11-8-14)22-20(4,5)6/h7-12H,1-6H3;7-13H,1-6H3. The Bertz CT molecular complexity index is 1690. The molecule has 0 amide bonds. The van der Waals surface area contributed by atoms with Crippen molar-refractivity contribution < 1.29 is 18.3 Å². The van der Waals surface area contributed by atoms with Crippen molar-refractivity contribution in [3.8, 4) is 39.8 Å². The maximum atomic E-state index is 14.5. The van der Waals surface area contributed by atoms with Crippen molar-refractivity contribution in [2.45, 2.75) is 105 Å². The average molecular weight is 626 g/mol. The van der Waals surface area contributed by atoms with Gasteiger partial charge in [-0.3, -0.25) is 0 Å². The number of nitriles is 1. The van der Waals surface area contributed by atoms with Crippen molar-refractivity contribution in [3.05, 3.63) is 107 Å². The molecule has 0 spiro atoms. The maximum Gasteiger partial charge on any atom is 0.131 e. The number of hydrogen-bond donors (Lipinski definition) is 0. The molecule has 4 rings (SSSR count). The molecule has 4 aromatic carbocycles. The zero-order valence-corrected chi connectivity index (χ0v) is 29.5. The first-order valence-electron chi connectivity index (χ1n) is 15.7. The van der Waals surface area contributed by atoms with Crippen molar-refractivity contribution in [2.24, 2.45) is 0 Å². The van der Waals surface area contributed by atoms with Gasteiger partial charge in [0.1, 0.15) is 34.3 Å². The summed E-state index contributed by atoms with van der Waals surface area (Å²) < 4.78 is 40.5. The molecule has 5 heteroatoms. The Morgan fingerprint density at radius 3 is 1.52 bits per heavy atom. The van der Waals surface area contributed by atoms with Crippen LogP contribution in [0.2, 0.25) is 0 Å². The van der Waals surface area contributed by atoms with Gasteiger partial charge in [0.15, 0.2) is 0 Å². The van der Waals surface area contributed by atoms with E-state index in [2.05, 4.69) is 26.8 Å². The molecular weight excluding hydrogens is 576 g/mol. The molecule has 0 fully saturated rings. The molecule has 0 heterocycles. The van der Waals surface area contributed by atoms with E-state index in [9.17, 15) is 14.0 Å². The van der Waals surface area contributed by atoms with E-state index in [-0.39, 0.29) is 33.7 Å². The van der Waals surface area contributed by atoms with Gasteiger partial charge in [-0.25, -0.2) is 8.78 Å². The van der Waals surface area contributed by atoms with Crippen LogP contribution in [0, 0.1) is 23.0 Å². The second kappa shape index (κ2) is 13.7. The summed E-state index contributed by atoms with van der Waals surface area (Å²) in [5.74, 6) is 0.994. The molecule has 3 nitrogen and oxygen atoms in total. The van der Waals surface area contributed by atoms with Gasteiger partial charge in [0.2, 0.25) is 0 Å². The second-order valence-corrected chi connectivity index (χ2v) is 15.7. The van der Waals surface area contributed by atoms with E-state index in [1.807, 2.05) is 117 Å². The fraction of sp³-hybridized carbons (Fsp3) is 0.390. The monoisotopic (exact) mass is 625 g/mol. The van der Waals surface area contributed by atoms with Gasteiger partial charge in [-0.1, -0.05) is 77.9 Å². The highest BCUT2D eigenvalue weighted by Gasteiger charge is 2.20. The Hall–Kier alpha value is -4.17. The van der Waals surface area contributed by atoms with Gasteiger partial charge in [0.05, 0.1) is 11.6 Å². The topological polar surface area (TPSA) is 42.2 Å². The quantitative estimate of drug-likeness (QED) is 0.227. The molecule has 0 unspecified atom stereocenters. The van der Waals surface area contributed by atoms with Gasteiger partial charge < -0.3 is 9.47 Å². The lowest BCUT2D eigenvalue weighted by atomic mass is 9.85. The highest BCUT2D eigenvalue weighted by atomic mass is 19.1. The van der Waals surface area contributed by atoms with Crippen molar-refractivity contribution in [1.82, 2.24) is 0 Å². The van der Waals surface area contributed by atoms with Gasteiger partial charge in [0, 0.05) is 5.56 Å². The van der Waals surface area contributed by atoms with Crippen LogP contribution in [-0.4, -0.2) is 11.2 Å². The summed E-state index contributed by atoms with van der Waals surface area (Å²) in [6.45, 7) is 24.1. The highest BCUT2D eigenvalue weighted by Crippen LogP contribution is 2.33. The zero-order valence-electron chi connectivity index (χ0n) is 29.5. The third-order valence-corrected chi connectivity index (χ3v) is 7.05. The lowest BCUT2D eigenvalue weighted by Crippen LogP contribution is -2.22. The van der Waals surface area contributed by atoms with Crippen LogP contribution in [0.4, 0.5) is 8.78 Å². The predicted molar refractivity (Wildman–Crippen MR) is 187 cm³/mol. The van der Waals surface area contributed by atoms with E-state index in [1.54, 1.807) is 18.2 Å². The van der Waals surface area contributed by atoms with Crippen LogP contribution < -0.4 is 9.47 Å². The fourth-order valence-corrected chi connectivity index (χ4v) is 4.85. The lowest BCUT2D eigenvalue weighted by Gasteiger charge is -2.22. The third kappa shape index (κ3) is 10.2.